The first-order valence-electron chi connectivity index (χ1n) is 6.08. The second-order valence-corrected chi connectivity index (χ2v) is 4.87. The molecule has 1 atom stereocenters. The Bertz CT molecular complexity index is 264. The Hall–Kier alpha value is -1.10. The number of carboxylic acids is 1. The second-order valence-electron chi connectivity index (χ2n) is 4.87. The Morgan fingerprint density at radius 2 is 1.94 bits per heavy atom. The molecule has 0 heterocycles. The van der Waals surface area contributed by atoms with Crippen molar-refractivity contribution in [1.82, 2.24) is 5.32 Å². The highest BCUT2D eigenvalue weighted by Crippen LogP contribution is 2.14. The van der Waals surface area contributed by atoms with Gasteiger partial charge in [0.25, 0.3) is 0 Å². The summed E-state index contributed by atoms with van der Waals surface area (Å²) in [4.78, 5) is 22.4. The molecule has 0 aromatic heterocycles. The lowest BCUT2D eigenvalue weighted by atomic mass is 9.96. The Labute approximate surface area is 103 Å². The van der Waals surface area contributed by atoms with Crippen LogP contribution in [0.3, 0.4) is 0 Å². The number of hydrogen-bond donors (Lipinski definition) is 3. The van der Waals surface area contributed by atoms with E-state index in [2.05, 4.69) is 12.2 Å². The van der Waals surface area contributed by atoms with Crippen LogP contribution >= 0.6 is 0 Å². The van der Waals surface area contributed by atoms with Crippen molar-refractivity contribution in [3.63, 3.8) is 0 Å². The number of nitrogens with one attached hydrogen (secondary N) is 1. The van der Waals surface area contributed by atoms with Gasteiger partial charge in [0.2, 0.25) is 5.91 Å². The number of carbonyl (C=O) groups excluding carboxylic acids is 1. The molecule has 0 aromatic rings. The number of rotatable bonds is 8. The van der Waals surface area contributed by atoms with Crippen LogP contribution in [-0.4, -0.2) is 29.1 Å². The van der Waals surface area contributed by atoms with Gasteiger partial charge in [-0.1, -0.05) is 13.3 Å². The number of carboxylic acid groups (broad SMARTS) is 1. The molecule has 1 amide bonds. The zero-order chi connectivity index (χ0) is 13.5. The molecule has 0 spiro atoms. The fourth-order valence-corrected chi connectivity index (χ4v) is 1.59. The molecule has 0 fully saturated rings. The van der Waals surface area contributed by atoms with Crippen LogP contribution in [-0.2, 0) is 9.59 Å². The minimum absolute atomic E-state index is 0.215. The van der Waals surface area contributed by atoms with Gasteiger partial charge in [-0.25, -0.2) is 4.79 Å². The molecule has 0 saturated heterocycles. The number of nitrogens with two attached hydrogens (primary N) is 1. The molecular formula is C12H24N2O3. The molecule has 17 heavy (non-hydrogen) atoms. The van der Waals surface area contributed by atoms with Crippen LogP contribution in [0.4, 0.5) is 0 Å². The minimum atomic E-state index is -1.20. The van der Waals surface area contributed by atoms with Gasteiger partial charge in [0.1, 0.15) is 5.54 Å². The molecule has 5 nitrogen and oxygen atoms in total. The minimum Gasteiger partial charge on any atom is -0.480 e. The van der Waals surface area contributed by atoms with Crippen LogP contribution < -0.4 is 11.1 Å². The Morgan fingerprint density at radius 1 is 1.35 bits per heavy atom. The first-order valence-corrected chi connectivity index (χ1v) is 6.08. The van der Waals surface area contributed by atoms with E-state index in [9.17, 15) is 9.59 Å². The molecule has 0 radical (unpaired) electrons. The SMILES string of the molecule is CCC(CCN)CCC(=O)NC(C)(C)C(=O)O. The van der Waals surface area contributed by atoms with Crippen LogP contribution in [0.25, 0.3) is 0 Å². The number of hydrogen-bond acceptors (Lipinski definition) is 3. The van der Waals surface area contributed by atoms with E-state index in [4.69, 9.17) is 10.8 Å². The zero-order valence-electron chi connectivity index (χ0n) is 11.0. The van der Waals surface area contributed by atoms with E-state index in [0.29, 0.717) is 18.9 Å². The van der Waals surface area contributed by atoms with Gasteiger partial charge in [0.15, 0.2) is 0 Å². The summed E-state index contributed by atoms with van der Waals surface area (Å²) >= 11 is 0. The summed E-state index contributed by atoms with van der Waals surface area (Å²) in [5, 5.41) is 11.4. The molecular weight excluding hydrogens is 220 g/mol. The number of amides is 1. The van der Waals surface area contributed by atoms with Crippen LogP contribution in [0.1, 0.15) is 46.5 Å². The molecule has 0 saturated carbocycles. The fraction of sp³-hybridized carbons (Fsp3) is 0.833. The van der Waals surface area contributed by atoms with E-state index in [1.54, 1.807) is 0 Å². The summed E-state index contributed by atoms with van der Waals surface area (Å²) in [7, 11) is 0. The first kappa shape index (κ1) is 15.9. The van der Waals surface area contributed by atoms with Gasteiger partial charge >= 0.3 is 5.97 Å². The van der Waals surface area contributed by atoms with Crippen molar-refractivity contribution in [1.29, 1.82) is 0 Å². The van der Waals surface area contributed by atoms with Crippen LogP contribution in [0.5, 0.6) is 0 Å². The highest BCUT2D eigenvalue weighted by molar-refractivity contribution is 5.86. The summed E-state index contributed by atoms with van der Waals surface area (Å²) < 4.78 is 0. The normalized spacial score (nSPS) is 13.2. The van der Waals surface area contributed by atoms with Crippen molar-refractivity contribution < 1.29 is 14.7 Å². The topological polar surface area (TPSA) is 92.4 Å². The summed E-state index contributed by atoms with van der Waals surface area (Å²) in [6.07, 6.45) is 3.02. The highest BCUT2D eigenvalue weighted by Gasteiger charge is 2.28. The molecule has 4 N–H and O–H groups in total. The third-order valence-electron chi connectivity index (χ3n) is 2.92. The van der Waals surface area contributed by atoms with Gasteiger partial charge in [0.05, 0.1) is 0 Å². The predicted molar refractivity (Wildman–Crippen MR) is 66.5 cm³/mol. The van der Waals surface area contributed by atoms with Crippen molar-refractivity contribution in [2.45, 2.75) is 52.0 Å². The van der Waals surface area contributed by atoms with Crippen molar-refractivity contribution in [2.75, 3.05) is 6.54 Å². The smallest absolute Gasteiger partial charge is 0.328 e. The van der Waals surface area contributed by atoms with E-state index in [-0.39, 0.29) is 5.91 Å². The molecule has 0 rings (SSSR count). The maximum absolute atomic E-state index is 11.6. The van der Waals surface area contributed by atoms with E-state index < -0.39 is 11.5 Å². The van der Waals surface area contributed by atoms with Gasteiger partial charge in [-0.3, -0.25) is 4.79 Å². The third-order valence-corrected chi connectivity index (χ3v) is 2.92. The van der Waals surface area contributed by atoms with Crippen molar-refractivity contribution in [2.24, 2.45) is 11.7 Å². The lowest BCUT2D eigenvalue weighted by Crippen LogP contribution is -2.49. The molecule has 0 aromatic carbocycles. The third kappa shape index (κ3) is 6.26. The van der Waals surface area contributed by atoms with Gasteiger partial charge < -0.3 is 16.2 Å². The quantitative estimate of drug-likeness (QED) is 0.596. The van der Waals surface area contributed by atoms with Crippen molar-refractivity contribution in [3.8, 4) is 0 Å². The van der Waals surface area contributed by atoms with E-state index in [1.165, 1.54) is 13.8 Å². The van der Waals surface area contributed by atoms with Crippen LogP contribution in [0.2, 0.25) is 0 Å². The Kier molecular flexibility index (Phi) is 6.80. The lowest BCUT2D eigenvalue weighted by Gasteiger charge is -2.21. The maximum atomic E-state index is 11.6. The summed E-state index contributed by atoms with van der Waals surface area (Å²) in [6, 6.07) is 0. The highest BCUT2D eigenvalue weighted by atomic mass is 16.4. The number of carbonyl (C=O) groups is 2. The first-order chi connectivity index (χ1) is 7.83. The summed E-state index contributed by atoms with van der Waals surface area (Å²) in [6.45, 7) is 5.65. The van der Waals surface area contributed by atoms with E-state index >= 15 is 0 Å². The monoisotopic (exact) mass is 244 g/mol. The summed E-state index contributed by atoms with van der Waals surface area (Å²) in [5.74, 6) is -0.800. The standard InChI is InChI=1S/C12H24N2O3/c1-4-9(7-8-13)5-6-10(15)14-12(2,3)11(16)17/h9H,4-8,13H2,1-3H3,(H,14,15)(H,16,17). The lowest BCUT2D eigenvalue weighted by molar-refractivity contribution is -0.146. The predicted octanol–water partition coefficient (Wildman–Crippen LogP) is 1.12. The van der Waals surface area contributed by atoms with E-state index in [1.807, 2.05) is 0 Å². The molecule has 5 heteroatoms. The Morgan fingerprint density at radius 3 is 2.35 bits per heavy atom. The number of aliphatic carboxylic acids is 1. The molecule has 0 aliphatic heterocycles. The molecule has 100 valence electrons. The average molecular weight is 244 g/mol. The molecule has 1 unspecified atom stereocenters. The van der Waals surface area contributed by atoms with Gasteiger partial charge in [-0.2, -0.15) is 0 Å². The van der Waals surface area contributed by atoms with Crippen LogP contribution in [0, 0.1) is 5.92 Å². The van der Waals surface area contributed by atoms with Crippen molar-refractivity contribution >= 4 is 11.9 Å². The molecule has 0 aliphatic rings. The Balaban J connectivity index is 4.06. The van der Waals surface area contributed by atoms with Gasteiger partial charge in [-0.15, -0.1) is 0 Å². The molecule has 0 bridgehead atoms. The molecule has 0 aliphatic carbocycles. The fourth-order valence-electron chi connectivity index (χ4n) is 1.59. The largest absolute Gasteiger partial charge is 0.480 e. The zero-order valence-corrected chi connectivity index (χ0v) is 11.0. The van der Waals surface area contributed by atoms with Crippen LogP contribution in [0.15, 0.2) is 0 Å². The van der Waals surface area contributed by atoms with Gasteiger partial charge in [-0.05, 0) is 39.2 Å². The summed E-state index contributed by atoms with van der Waals surface area (Å²) in [5.41, 5.74) is 4.27. The maximum Gasteiger partial charge on any atom is 0.328 e. The van der Waals surface area contributed by atoms with Gasteiger partial charge in [0, 0.05) is 6.42 Å². The van der Waals surface area contributed by atoms with Crippen molar-refractivity contribution in [3.05, 3.63) is 0 Å². The van der Waals surface area contributed by atoms with E-state index in [0.717, 1.165) is 19.3 Å². The average Bonchev–Trinajstić information content (AvgIpc) is 2.23. The second kappa shape index (κ2) is 7.27.